The van der Waals surface area contributed by atoms with E-state index in [4.69, 9.17) is 17.3 Å². The van der Waals surface area contributed by atoms with Gasteiger partial charge in [0.2, 0.25) is 0 Å². The molecular formula is C10H16ClN3. The number of hydrogen-bond acceptors (Lipinski definition) is 2. The molecule has 0 spiro atoms. The van der Waals surface area contributed by atoms with E-state index in [1.807, 2.05) is 31.5 Å². The van der Waals surface area contributed by atoms with Crippen LogP contribution >= 0.6 is 11.6 Å². The first kappa shape index (κ1) is 11.3. The summed E-state index contributed by atoms with van der Waals surface area (Å²) in [6, 6.07) is 0. The molecule has 0 aliphatic carbocycles. The summed E-state index contributed by atoms with van der Waals surface area (Å²) in [5.74, 6) is 0. The van der Waals surface area contributed by atoms with Crippen LogP contribution in [0.1, 0.15) is 25.2 Å². The Bertz CT molecular complexity index is 352. The van der Waals surface area contributed by atoms with Gasteiger partial charge in [-0.3, -0.25) is 4.68 Å². The van der Waals surface area contributed by atoms with Crippen LogP contribution in [0.5, 0.6) is 0 Å². The second-order valence-corrected chi connectivity index (χ2v) is 3.67. The maximum absolute atomic E-state index is 6.13. The fraction of sp³-hybridized carbons (Fsp3) is 0.500. The van der Waals surface area contributed by atoms with Gasteiger partial charge in [-0.2, -0.15) is 5.10 Å². The maximum Gasteiger partial charge on any atom is 0.0888 e. The predicted octanol–water partition coefficient (Wildman–Crippen LogP) is 2.23. The van der Waals surface area contributed by atoms with Gasteiger partial charge in [-0.15, -0.1) is 0 Å². The average Bonchev–Trinajstić information content (AvgIpc) is 2.45. The first-order valence-electron chi connectivity index (χ1n) is 4.70. The van der Waals surface area contributed by atoms with Gasteiger partial charge in [-0.1, -0.05) is 17.2 Å². The monoisotopic (exact) mass is 213 g/mol. The molecule has 0 atom stereocenters. The number of nitrogens with zero attached hydrogens (tertiary/aromatic N) is 2. The van der Waals surface area contributed by atoms with E-state index in [2.05, 4.69) is 5.10 Å². The third-order valence-corrected chi connectivity index (χ3v) is 2.56. The molecule has 0 aromatic carbocycles. The van der Waals surface area contributed by atoms with Crippen molar-refractivity contribution in [2.75, 3.05) is 6.54 Å². The highest BCUT2D eigenvalue weighted by molar-refractivity contribution is 6.32. The molecule has 0 aliphatic rings. The van der Waals surface area contributed by atoms with Gasteiger partial charge in [0.05, 0.1) is 16.4 Å². The SMILES string of the molecule is CCn1nc(C)c(Cl)c1/C=C(/C)CN. The van der Waals surface area contributed by atoms with Crippen molar-refractivity contribution in [3.63, 3.8) is 0 Å². The Balaban J connectivity index is 3.18. The first-order chi connectivity index (χ1) is 6.60. The summed E-state index contributed by atoms with van der Waals surface area (Å²) in [5.41, 5.74) is 8.44. The summed E-state index contributed by atoms with van der Waals surface area (Å²) in [6.07, 6.45) is 1.99. The van der Waals surface area contributed by atoms with Gasteiger partial charge >= 0.3 is 0 Å². The van der Waals surface area contributed by atoms with Crippen LogP contribution in [0, 0.1) is 6.92 Å². The Kier molecular flexibility index (Phi) is 3.72. The molecule has 0 radical (unpaired) electrons. The topological polar surface area (TPSA) is 43.8 Å². The van der Waals surface area contributed by atoms with Crippen molar-refractivity contribution in [1.82, 2.24) is 9.78 Å². The van der Waals surface area contributed by atoms with Crippen molar-refractivity contribution in [2.24, 2.45) is 5.73 Å². The third kappa shape index (κ3) is 2.16. The number of aromatic nitrogens is 2. The predicted molar refractivity (Wildman–Crippen MR) is 60.4 cm³/mol. The Morgan fingerprint density at radius 3 is 2.79 bits per heavy atom. The van der Waals surface area contributed by atoms with E-state index >= 15 is 0 Å². The van der Waals surface area contributed by atoms with E-state index in [9.17, 15) is 0 Å². The van der Waals surface area contributed by atoms with Crippen molar-refractivity contribution in [1.29, 1.82) is 0 Å². The highest BCUT2D eigenvalue weighted by atomic mass is 35.5. The maximum atomic E-state index is 6.13. The standard InChI is InChI=1S/C10H16ClN3/c1-4-14-9(5-7(2)6-12)10(11)8(3)13-14/h5H,4,6,12H2,1-3H3/b7-5-. The smallest absolute Gasteiger partial charge is 0.0888 e. The van der Waals surface area contributed by atoms with Crippen LogP contribution in [0.15, 0.2) is 5.57 Å². The van der Waals surface area contributed by atoms with Crippen LogP contribution in [-0.4, -0.2) is 16.3 Å². The number of halogens is 1. The lowest BCUT2D eigenvalue weighted by molar-refractivity contribution is 0.647. The summed E-state index contributed by atoms with van der Waals surface area (Å²) in [6.45, 7) is 7.29. The minimum absolute atomic E-state index is 0.546. The second-order valence-electron chi connectivity index (χ2n) is 3.30. The summed E-state index contributed by atoms with van der Waals surface area (Å²) in [7, 11) is 0. The molecule has 14 heavy (non-hydrogen) atoms. The molecule has 0 unspecified atom stereocenters. The third-order valence-electron chi connectivity index (χ3n) is 2.10. The fourth-order valence-corrected chi connectivity index (χ4v) is 1.44. The number of rotatable bonds is 3. The molecule has 0 amide bonds. The highest BCUT2D eigenvalue weighted by Crippen LogP contribution is 2.22. The van der Waals surface area contributed by atoms with Crippen LogP contribution in [0.4, 0.5) is 0 Å². The average molecular weight is 214 g/mol. The van der Waals surface area contributed by atoms with Gasteiger partial charge in [0, 0.05) is 13.1 Å². The van der Waals surface area contributed by atoms with Crippen molar-refractivity contribution in [2.45, 2.75) is 27.3 Å². The molecule has 0 saturated heterocycles. The zero-order chi connectivity index (χ0) is 10.7. The van der Waals surface area contributed by atoms with E-state index in [0.29, 0.717) is 6.54 Å². The summed E-state index contributed by atoms with van der Waals surface area (Å²) < 4.78 is 1.89. The van der Waals surface area contributed by atoms with Crippen molar-refractivity contribution >= 4 is 17.7 Å². The number of hydrogen-bond donors (Lipinski definition) is 1. The quantitative estimate of drug-likeness (QED) is 0.837. The molecule has 1 heterocycles. The lowest BCUT2D eigenvalue weighted by Gasteiger charge is -2.01. The largest absolute Gasteiger partial charge is 0.327 e. The molecule has 78 valence electrons. The molecule has 1 rings (SSSR count). The Labute approximate surface area is 89.5 Å². The normalized spacial score (nSPS) is 12.2. The zero-order valence-electron chi connectivity index (χ0n) is 8.84. The van der Waals surface area contributed by atoms with Crippen LogP contribution < -0.4 is 5.73 Å². The fourth-order valence-electron chi connectivity index (χ4n) is 1.25. The van der Waals surface area contributed by atoms with E-state index < -0.39 is 0 Å². The van der Waals surface area contributed by atoms with Crippen LogP contribution in [0.3, 0.4) is 0 Å². The lowest BCUT2D eigenvalue weighted by Crippen LogP contribution is -2.03. The van der Waals surface area contributed by atoms with E-state index in [1.165, 1.54) is 0 Å². The van der Waals surface area contributed by atoms with Crippen molar-refractivity contribution in [3.05, 3.63) is 22.0 Å². The molecule has 0 bridgehead atoms. The van der Waals surface area contributed by atoms with Crippen LogP contribution in [0.25, 0.3) is 6.08 Å². The first-order valence-corrected chi connectivity index (χ1v) is 5.08. The van der Waals surface area contributed by atoms with Crippen molar-refractivity contribution in [3.8, 4) is 0 Å². The van der Waals surface area contributed by atoms with E-state index in [1.54, 1.807) is 0 Å². The van der Waals surface area contributed by atoms with Gasteiger partial charge in [0.15, 0.2) is 0 Å². The number of nitrogens with two attached hydrogens (primary N) is 1. The highest BCUT2D eigenvalue weighted by Gasteiger charge is 2.09. The van der Waals surface area contributed by atoms with Gasteiger partial charge in [-0.25, -0.2) is 0 Å². The van der Waals surface area contributed by atoms with E-state index in [-0.39, 0.29) is 0 Å². The van der Waals surface area contributed by atoms with Gasteiger partial charge < -0.3 is 5.73 Å². The Hall–Kier alpha value is -0.800. The summed E-state index contributed by atoms with van der Waals surface area (Å²) >= 11 is 6.13. The Morgan fingerprint density at radius 1 is 1.64 bits per heavy atom. The van der Waals surface area contributed by atoms with Gasteiger partial charge in [0.25, 0.3) is 0 Å². The molecule has 2 N–H and O–H groups in total. The van der Waals surface area contributed by atoms with Gasteiger partial charge in [0.1, 0.15) is 0 Å². The molecule has 1 aromatic heterocycles. The molecule has 3 nitrogen and oxygen atoms in total. The summed E-state index contributed by atoms with van der Waals surface area (Å²) in [5, 5.41) is 5.04. The van der Waals surface area contributed by atoms with Crippen LogP contribution in [-0.2, 0) is 6.54 Å². The minimum Gasteiger partial charge on any atom is -0.327 e. The molecule has 0 fully saturated rings. The molecule has 1 aromatic rings. The Morgan fingerprint density at radius 2 is 2.29 bits per heavy atom. The molecule has 0 aliphatic heterocycles. The summed E-state index contributed by atoms with van der Waals surface area (Å²) in [4.78, 5) is 0. The van der Waals surface area contributed by atoms with Crippen molar-refractivity contribution < 1.29 is 0 Å². The lowest BCUT2D eigenvalue weighted by atomic mass is 10.2. The minimum atomic E-state index is 0.546. The molecular weight excluding hydrogens is 198 g/mol. The van der Waals surface area contributed by atoms with E-state index in [0.717, 1.165) is 28.5 Å². The zero-order valence-corrected chi connectivity index (χ0v) is 9.60. The second kappa shape index (κ2) is 4.62. The molecule has 4 heteroatoms. The van der Waals surface area contributed by atoms with Crippen LogP contribution in [0.2, 0.25) is 5.02 Å². The van der Waals surface area contributed by atoms with Gasteiger partial charge in [-0.05, 0) is 26.8 Å². The number of aryl methyl sites for hydroxylation is 2. The molecule has 0 saturated carbocycles.